The second-order valence-corrected chi connectivity index (χ2v) is 5.15. The summed E-state index contributed by atoms with van der Waals surface area (Å²) >= 11 is 0. The predicted octanol–water partition coefficient (Wildman–Crippen LogP) is -0.626. The maximum atomic E-state index is 6.17. The minimum Gasteiger partial charge on any atom is -0.329 e. The van der Waals surface area contributed by atoms with Crippen LogP contribution in [0.15, 0.2) is 0 Å². The molecule has 1 fully saturated rings. The van der Waals surface area contributed by atoms with Crippen LogP contribution >= 0.6 is 0 Å². The first-order chi connectivity index (χ1) is 8.84. The Balaban J connectivity index is 1.93. The molecule has 5 heteroatoms. The van der Waals surface area contributed by atoms with Crippen LogP contribution in [0, 0.1) is 0 Å². The normalized spacial score (nSPS) is 25.0. The molecule has 2 atom stereocenters. The number of hydrogen-bond donors (Lipinski definition) is 5. The van der Waals surface area contributed by atoms with Crippen LogP contribution < -0.4 is 27.4 Å². The van der Waals surface area contributed by atoms with Crippen LogP contribution in [0.1, 0.15) is 32.1 Å². The van der Waals surface area contributed by atoms with Crippen LogP contribution in [0.4, 0.5) is 0 Å². The van der Waals surface area contributed by atoms with Crippen molar-refractivity contribution in [2.24, 2.45) is 11.5 Å². The molecule has 1 saturated carbocycles. The number of rotatable bonds is 9. The van der Waals surface area contributed by atoms with Crippen LogP contribution in [-0.4, -0.2) is 51.4 Å². The highest BCUT2D eigenvalue weighted by molar-refractivity contribution is 4.82. The minimum absolute atomic E-state index is 0.346. The molecule has 0 amide bonds. The standard InChI is InChI=1S/C13H31N5/c14-6-7-16-8-9-17-10-11-18-13-5-3-1-2-4-12(13)15/h12-13,16-18H,1-11,14-15H2/t12-,13-/m1/s1. The van der Waals surface area contributed by atoms with Gasteiger partial charge in [0.15, 0.2) is 0 Å². The molecule has 0 aromatic heterocycles. The van der Waals surface area contributed by atoms with E-state index in [1.54, 1.807) is 0 Å². The van der Waals surface area contributed by atoms with Gasteiger partial charge in [0.1, 0.15) is 0 Å². The lowest BCUT2D eigenvalue weighted by molar-refractivity contribution is 0.406. The van der Waals surface area contributed by atoms with Gasteiger partial charge in [-0.15, -0.1) is 0 Å². The van der Waals surface area contributed by atoms with Gasteiger partial charge in [-0.25, -0.2) is 0 Å². The molecule has 0 aromatic rings. The molecular weight excluding hydrogens is 226 g/mol. The van der Waals surface area contributed by atoms with Gasteiger partial charge in [0.05, 0.1) is 0 Å². The summed E-state index contributed by atoms with van der Waals surface area (Å²) in [7, 11) is 0. The summed E-state index contributed by atoms with van der Waals surface area (Å²) < 4.78 is 0. The number of nitrogens with two attached hydrogens (primary N) is 2. The molecule has 7 N–H and O–H groups in total. The lowest BCUT2D eigenvalue weighted by atomic mass is 10.0. The van der Waals surface area contributed by atoms with Crippen molar-refractivity contribution in [3.05, 3.63) is 0 Å². The third kappa shape index (κ3) is 7.28. The molecule has 0 aromatic carbocycles. The molecule has 1 aliphatic rings. The highest BCUT2D eigenvalue weighted by Crippen LogP contribution is 2.16. The van der Waals surface area contributed by atoms with Gasteiger partial charge in [-0.3, -0.25) is 0 Å². The average Bonchev–Trinajstić information content (AvgIpc) is 2.58. The van der Waals surface area contributed by atoms with E-state index in [9.17, 15) is 0 Å². The molecule has 5 nitrogen and oxygen atoms in total. The zero-order chi connectivity index (χ0) is 13.1. The molecule has 108 valence electrons. The van der Waals surface area contributed by atoms with Crippen molar-refractivity contribution in [3.8, 4) is 0 Å². The molecule has 0 radical (unpaired) electrons. The summed E-state index contributed by atoms with van der Waals surface area (Å²) in [6.07, 6.45) is 6.37. The van der Waals surface area contributed by atoms with E-state index in [-0.39, 0.29) is 0 Å². The van der Waals surface area contributed by atoms with E-state index in [1.165, 1.54) is 32.1 Å². The van der Waals surface area contributed by atoms with Gasteiger partial charge in [-0.1, -0.05) is 19.3 Å². The maximum absolute atomic E-state index is 6.17. The van der Waals surface area contributed by atoms with Gasteiger partial charge in [-0.2, -0.15) is 0 Å². The molecule has 0 saturated heterocycles. The van der Waals surface area contributed by atoms with Crippen LogP contribution in [0.25, 0.3) is 0 Å². The Morgan fingerprint density at radius 2 is 1.50 bits per heavy atom. The smallest absolute Gasteiger partial charge is 0.0219 e. The molecule has 0 bridgehead atoms. The Bertz CT molecular complexity index is 188. The molecule has 18 heavy (non-hydrogen) atoms. The summed E-state index contributed by atoms with van der Waals surface area (Å²) in [5, 5.41) is 10.3. The van der Waals surface area contributed by atoms with Crippen LogP contribution in [-0.2, 0) is 0 Å². The molecule has 0 spiro atoms. The third-order valence-electron chi connectivity index (χ3n) is 3.58. The van der Waals surface area contributed by atoms with Crippen molar-refractivity contribution >= 4 is 0 Å². The molecule has 0 unspecified atom stereocenters. The summed E-state index contributed by atoms with van der Waals surface area (Å²) in [4.78, 5) is 0. The van der Waals surface area contributed by atoms with E-state index < -0.39 is 0 Å². The topological polar surface area (TPSA) is 88.1 Å². The van der Waals surface area contributed by atoms with Gasteiger partial charge < -0.3 is 27.4 Å². The number of hydrogen-bond acceptors (Lipinski definition) is 5. The van der Waals surface area contributed by atoms with Crippen molar-refractivity contribution in [2.75, 3.05) is 39.3 Å². The van der Waals surface area contributed by atoms with Gasteiger partial charge in [0, 0.05) is 51.4 Å². The second-order valence-electron chi connectivity index (χ2n) is 5.15. The predicted molar refractivity (Wildman–Crippen MR) is 77.6 cm³/mol. The average molecular weight is 257 g/mol. The highest BCUT2D eigenvalue weighted by atomic mass is 15.0. The quantitative estimate of drug-likeness (QED) is 0.280. The van der Waals surface area contributed by atoms with E-state index in [2.05, 4.69) is 16.0 Å². The largest absolute Gasteiger partial charge is 0.329 e. The number of nitrogens with one attached hydrogen (secondary N) is 3. The van der Waals surface area contributed by atoms with E-state index in [0.717, 1.165) is 32.7 Å². The van der Waals surface area contributed by atoms with E-state index >= 15 is 0 Å². The Kier molecular flexibility index (Phi) is 9.42. The van der Waals surface area contributed by atoms with Crippen molar-refractivity contribution in [1.82, 2.24) is 16.0 Å². The minimum atomic E-state index is 0.346. The summed E-state index contributed by atoms with van der Waals surface area (Å²) in [5.41, 5.74) is 11.6. The fraction of sp³-hybridized carbons (Fsp3) is 1.00. The van der Waals surface area contributed by atoms with Crippen molar-refractivity contribution in [2.45, 2.75) is 44.2 Å². The van der Waals surface area contributed by atoms with Gasteiger partial charge in [-0.05, 0) is 12.8 Å². The van der Waals surface area contributed by atoms with Crippen LogP contribution in [0.3, 0.4) is 0 Å². The highest BCUT2D eigenvalue weighted by Gasteiger charge is 2.18. The Morgan fingerprint density at radius 1 is 0.833 bits per heavy atom. The fourth-order valence-electron chi connectivity index (χ4n) is 2.46. The third-order valence-corrected chi connectivity index (χ3v) is 3.58. The Hall–Kier alpha value is -0.200. The van der Waals surface area contributed by atoms with Crippen molar-refractivity contribution < 1.29 is 0 Å². The first-order valence-electron chi connectivity index (χ1n) is 7.45. The van der Waals surface area contributed by atoms with Crippen LogP contribution in [0.2, 0.25) is 0 Å². The first kappa shape index (κ1) is 15.9. The lowest BCUT2D eigenvalue weighted by Gasteiger charge is -2.22. The SMILES string of the molecule is NCCNCCNCCN[C@@H]1CCCCC[C@H]1N. The Labute approximate surface area is 111 Å². The van der Waals surface area contributed by atoms with Crippen molar-refractivity contribution in [1.29, 1.82) is 0 Å². The zero-order valence-corrected chi connectivity index (χ0v) is 11.6. The van der Waals surface area contributed by atoms with E-state index in [1.807, 2.05) is 0 Å². The summed E-state index contributed by atoms with van der Waals surface area (Å²) in [6.45, 7) is 5.61. The molecule has 0 heterocycles. The molecule has 0 aliphatic heterocycles. The second kappa shape index (κ2) is 10.7. The van der Waals surface area contributed by atoms with Gasteiger partial charge in [0.2, 0.25) is 0 Å². The Morgan fingerprint density at radius 3 is 2.28 bits per heavy atom. The monoisotopic (exact) mass is 257 g/mol. The van der Waals surface area contributed by atoms with E-state index in [4.69, 9.17) is 11.5 Å². The van der Waals surface area contributed by atoms with E-state index in [0.29, 0.717) is 18.6 Å². The molecule has 1 rings (SSSR count). The zero-order valence-electron chi connectivity index (χ0n) is 11.6. The van der Waals surface area contributed by atoms with Gasteiger partial charge in [0.25, 0.3) is 0 Å². The molecular formula is C13H31N5. The first-order valence-corrected chi connectivity index (χ1v) is 7.45. The van der Waals surface area contributed by atoms with Crippen LogP contribution in [0.5, 0.6) is 0 Å². The van der Waals surface area contributed by atoms with Gasteiger partial charge >= 0.3 is 0 Å². The summed E-state index contributed by atoms with van der Waals surface area (Å²) in [5.74, 6) is 0. The van der Waals surface area contributed by atoms with Crippen molar-refractivity contribution in [3.63, 3.8) is 0 Å². The molecule has 1 aliphatic carbocycles. The maximum Gasteiger partial charge on any atom is 0.0219 e. The summed E-state index contributed by atoms with van der Waals surface area (Å²) in [6, 6.07) is 0.864. The fourth-order valence-corrected chi connectivity index (χ4v) is 2.46. The lowest BCUT2D eigenvalue weighted by Crippen LogP contribution is -2.46.